The monoisotopic (exact) mass is 275 g/mol. The van der Waals surface area contributed by atoms with Crippen molar-refractivity contribution in [2.75, 3.05) is 0 Å². The van der Waals surface area contributed by atoms with Crippen LogP contribution in [-0.4, -0.2) is 5.11 Å². The minimum absolute atomic E-state index is 0.155. The predicted molar refractivity (Wildman–Crippen MR) is 57.9 cm³/mol. The summed E-state index contributed by atoms with van der Waals surface area (Å²) in [6, 6.07) is 4.96. The molecule has 12 heavy (non-hydrogen) atoms. The highest BCUT2D eigenvalue weighted by Crippen LogP contribution is 2.22. The third-order valence-electron chi connectivity index (χ3n) is 1.60. The average Bonchev–Trinajstić information content (AvgIpc) is 2.03. The Labute approximate surface area is 85.2 Å². The van der Waals surface area contributed by atoms with Crippen molar-refractivity contribution in [3.8, 4) is 5.75 Å². The molecule has 0 radical (unpaired) electrons. The van der Waals surface area contributed by atoms with Gasteiger partial charge in [0.15, 0.2) is 0 Å². The number of benzene rings is 1. The van der Waals surface area contributed by atoms with E-state index in [1.54, 1.807) is 18.2 Å². The summed E-state index contributed by atoms with van der Waals surface area (Å²) in [5.41, 5.74) is 6.73. The molecule has 0 fully saturated rings. The van der Waals surface area contributed by atoms with Crippen molar-refractivity contribution < 1.29 is 5.11 Å². The molecule has 0 aromatic heterocycles. The highest BCUT2D eigenvalue weighted by molar-refractivity contribution is 14.1. The minimum atomic E-state index is -0.155. The van der Waals surface area contributed by atoms with E-state index >= 15 is 0 Å². The lowest BCUT2D eigenvalue weighted by Crippen LogP contribution is -2.07. The van der Waals surface area contributed by atoms with Crippen LogP contribution in [0, 0.1) is 3.57 Å². The lowest BCUT2D eigenvalue weighted by Gasteiger charge is -2.08. The summed E-state index contributed by atoms with van der Waals surface area (Å²) in [6.45, 7) is 3.61. The fourth-order valence-electron chi connectivity index (χ4n) is 0.913. The Bertz CT molecular complexity index is 299. The van der Waals surface area contributed by atoms with Gasteiger partial charge in [-0.15, -0.1) is 6.58 Å². The van der Waals surface area contributed by atoms with Crippen molar-refractivity contribution >= 4 is 22.6 Å². The quantitative estimate of drug-likeness (QED) is 0.642. The maximum atomic E-state index is 9.12. The molecular weight excluding hydrogens is 265 g/mol. The number of aromatic hydroxyl groups is 1. The third-order valence-corrected chi connectivity index (χ3v) is 2.53. The summed E-state index contributed by atoms with van der Waals surface area (Å²) >= 11 is 2.14. The SMILES string of the molecule is C=CC(N)c1ccc(O)cc1I. The van der Waals surface area contributed by atoms with Crippen LogP contribution in [0.15, 0.2) is 30.9 Å². The molecule has 0 spiro atoms. The summed E-state index contributed by atoms with van der Waals surface area (Å²) in [4.78, 5) is 0. The first-order valence-electron chi connectivity index (χ1n) is 3.51. The molecule has 0 aliphatic heterocycles. The molecule has 0 aliphatic rings. The Kier molecular flexibility index (Phi) is 3.11. The highest BCUT2D eigenvalue weighted by atomic mass is 127. The Morgan fingerprint density at radius 3 is 2.75 bits per heavy atom. The first-order valence-corrected chi connectivity index (χ1v) is 4.59. The van der Waals surface area contributed by atoms with E-state index in [9.17, 15) is 0 Å². The van der Waals surface area contributed by atoms with E-state index in [0.717, 1.165) is 9.13 Å². The molecule has 1 atom stereocenters. The topological polar surface area (TPSA) is 46.2 Å². The number of hydrogen-bond acceptors (Lipinski definition) is 2. The fraction of sp³-hybridized carbons (Fsp3) is 0.111. The van der Waals surface area contributed by atoms with Crippen molar-refractivity contribution in [1.29, 1.82) is 0 Å². The maximum Gasteiger partial charge on any atom is 0.116 e. The Morgan fingerprint density at radius 2 is 2.25 bits per heavy atom. The average molecular weight is 275 g/mol. The molecule has 1 aromatic rings. The second kappa shape index (κ2) is 3.91. The van der Waals surface area contributed by atoms with E-state index in [-0.39, 0.29) is 11.8 Å². The molecule has 1 rings (SSSR count). The minimum Gasteiger partial charge on any atom is -0.508 e. The van der Waals surface area contributed by atoms with Gasteiger partial charge in [-0.25, -0.2) is 0 Å². The number of nitrogens with two attached hydrogens (primary N) is 1. The van der Waals surface area contributed by atoms with Gasteiger partial charge in [0.2, 0.25) is 0 Å². The van der Waals surface area contributed by atoms with E-state index in [4.69, 9.17) is 10.8 Å². The zero-order valence-corrected chi connectivity index (χ0v) is 8.65. The molecule has 64 valence electrons. The van der Waals surface area contributed by atoms with Crippen LogP contribution in [0.3, 0.4) is 0 Å². The van der Waals surface area contributed by atoms with E-state index < -0.39 is 0 Å². The molecule has 0 heterocycles. The van der Waals surface area contributed by atoms with Gasteiger partial charge in [0.25, 0.3) is 0 Å². The van der Waals surface area contributed by atoms with Gasteiger partial charge in [0.1, 0.15) is 5.75 Å². The summed E-state index contributed by atoms with van der Waals surface area (Å²) < 4.78 is 0.958. The van der Waals surface area contributed by atoms with Crippen molar-refractivity contribution in [2.45, 2.75) is 6.04 Å². The molecule has 1 unspecified atom stereocenters. The number of halogens is 1. The molecule has 3 heteroatoms. The summed E-state index contributed by atoms with van der Waals surface area (Å²) in [6.07, 6.45) is 1.68. The normalized spacial score (nSPS) is 12.5. The summed E-state index contributed by atoms with van der Waals surface area (Å²) in [7, 11) is 0. The standard InChI is InChI=1S/C9H10INO/c1-2-9(11)7-4-3-6(12)5-8(7)10/h2-5,9,12H,1,11H2. The van der Waals surface area contributed by atoms with E-state index in [1.165, 1.54) is 0 Å². The number of phenols is 1. The van der Waals surface area contributed by atoms with Gasteiger partial charge in [-0.3, -0.25) is 0 Å². The van der Waals surface area contributed by atoms with Crippen molar-refractivity contribution in [2.24, 2.45) is 5.73 Å². The lowest BCUT2D eigenvalue weighted by atomic mass is 10.1. The van der Waals surface area contributed by atoms with Crippen LogP contribution < -0.4 is 5.73 Å². The smallest absolute Gasteiger partial charge is 0.116 e. The number of phenolic OH excluding ortho intramolecular Hbond substituents is 1. The van der Waals surface area contributed by atoms with E-state index in [0.29, 0.717) is 0 Å². The molecule has 0 amide bonds. The fourth-order valence-corrected chi connectivity index (χ4v) is 1.77. The zero-order valence-electron chi connectivity index (χ0n) is 6.50. The first-order chi connectivity index (χ1) is 5.65. The first kappa shape index (κ1) is 9.54. The molecule has 0 aliphatic carbocycles. The highest BCUT2D eigenvalue weighted by Gasteiger charge is 2.05. The van der Waals surface area contributed by atoms with Gasteiger partial charge < -0.3 is 10.8 Å². The molecular formula is C9H10INO. The largest absolute Gasteiger partial charge is 0.508 e. The number of hydrogen-bond donors (Lipinski definition) is 2. The van der Waals surface area contributed by atoms with Crippen LogP contribution in [0.4, 0.5) is 0 Å². The van der Waals surface area contributed by atoms with Crippen LogP contribution in [0.2, 0.25) is 0 Å². The van der Waals surface area contributed by atoms with Gasteiger partial charge in [-0.05, 0) is 40.3 Å². The predicted octanol–water partition coefficient (Wildman–Crippen LogP) is 2.18. The van der Waals surface area contributed by atoms with Crippen LogP contribution in [0.1, 0.15) is 11.6 Å². The second-order valence-electron chi connectivity index (χ2n) is 2.47. The molecule has 3 N–H and O–H groups in total. The van der Waals surface area contributed by atoms with E-state index in [2.05, 4.69) is 29.2 Å². The van der Waals surface area contributed by atoms with Crippen LogP contribution >= 0.6 is 22.6 Å². The third kappa shape index (κ3) is 1.98. The lowest BCUT2D eigenvalue weighted by molar-refractivity contribution is 0.474. The zero-order chi connectivity index (χ0) is 9.14. The maximum absolute atomic E-state index is 9.12. The van der Waals surface area contributed by atoms with Crippen molar-refractivity contribution in [3.63, 3.8) is 0 Å². The second-order valence-corrected chi connectivity index (χ2v) is 3.63. The van der Waals surface area contributed by atoms with Gasteiger partial charge in [-0.2, -0.15) is 0 Å². The number of rotatable bonds is 2. The molecule has 0 bridgehead atoms. The Hall–Kier alpha value is -0.550. The van der Waals surface area contributed by atoms with Crippen molar-refractivity contribution in [3.05, 3.63) is 40.0 Å². The Balaban J connectivity index is 3.09. The summed E-state index contributed by atoms with van der Waals surface area (Å²) in [5, 5.41) is 9.12. The van der Waals surface area contributed by atoms with Gasteiger partial charge >= 0.3 is 0 Å². The molecule has 0 saturated carbocycles. The van der Waals surface area contributed by atoms with Crippen LogP contribution in [-0.2, 0) is 0 Å². The van der Waals surface area contributed by atoms with Crippen LogP contribution in [0.25, 0.3) is 0 Å². The Morgan fingerprint density at radius 1 is 1.58 bits per heavy atom. The van der Waals surface area contributed by atoms with Crippen LogP contribution in [0.5, 0.6) is 5.75 Å². The van der Waals surface area contributed by atoms with Crippen molar-refractivity contribution in [1.82, 2.24) is 0 Å². The summed E-state index contributed by atoms with van der Waals surface area (Å²) in [5.74, 6) is 0.263. The van der Waals surface area contributed by atoms with E-state index in [1.807, 2.05) is 6.07 Å². The molecule has 2 nitrogen and oxygen atoms in total. The van der Waals surface area contributed by atoms with Gasteiger partial charge in [-0.1, -0.05) is 12.1 Å². The molecule has 0 saturated heterocycles. The molecule has 1 aromatic carbocycles. The van der Waals surface area contributed by atoms with Gasteiger partial charge in [0, 0.05) is 9.61 Å². The van der Waals surface area contributed by atoms with Gasteiger partial charge in [0.05, 0.1) is 0 Å².